The first kappa shape index (κ1) is 13.6. The second-order valence-electron chi connectivity index (χ2n) is 4.06. The molecule has 0 fully saturated rings. The molecular weight excluding hydrogens is 324 g/mol. The largest absolute Gasteiger partial charge is 0.275 e. The van der Waals surface area contributed by atoms with Gasteiger partial charge in [-0.3, -0.25) is 4.57 Å². The third kappa shape index (κ3) is 2.14. The molecule has 0 aliphatic heterocycles. The van der Waals surface area contributed by atoms with Gasteiger partial charge in [0.05, 0.1) is 15.9 Å². The maximum Gasteiger partial charge on any atom is 0.164 e. The highest BCUT2D eigenvalue weighted by molar-refractivity contribution is 6.32. The molecule has 0 atom stereocenters. The van der Waals surface area contributed by atoms with Crippen LogP contribution in [0, 0.1) is 5.82 Å². The fourth-order valence-electron chi connectivity index (χ4n) is 2.01. The molecule has 3 aromatic rings. The van der Waals surface area contributed by atoms with E-state index in [1.165, 1.54) is 22.9 Å². The van der Waals surface area contributed by atoms with Gasteiger partial charge in [0.2, 0.25) is 0 Å². The molecule has 0 aliphatic carbocycles. The Balaban J connectivity index is 2.40. The normalized spacial score (nSPS) is 11.2. The highest BCUT2D eigenvalue weighted by Gasteiger charge is 2.18. The number of benzene rings is 1. The first-order valence-electron chi connectivity index (χ1n) is 5.65. The fourth-order valence-corrected chi connectivity index (χ4v) is 2.59. The topological polar surface area (TPSA) is 30.7 Å². The van der Waals surface area contributed by atoms with Gasteiger partial charge in [-0.05, 0) is 18.2 Å². The summed E-state index contributed by atoms with van der Waals surface area (Å²) in [7, 11) is 0. The number of hydrogen-bond donors (Lipinski definition) is 0. The molecule has 0 unspecified atom stereocenters. The van der Waals surface area contributed by atoms with Crippen LogP contribution in [0.15, 0.2) is 30.5 Å². The van der Waals surface area contributed by atoms with Crippen LogP contribution in [-0.2, 0) is 5.88 Å². The summed E-state index contributed by atoms with van der Waals surface area (Å²) in [4.78, 5) is 8.50. The lowest BCUT2D eigenvalue weighted by molar-refractivity contribution is 0.617. The minimum atomic E-state index is -0.472. The van der Waals surface area contributed by atoms with Crippen LogP contribution in [0.4, 0.5) is 4.39 Å². The lowest BCUT2D eigenvalue weighted by Gasteiger charge is -2.10. The fraction of sp³-hybridized carbons (Fsp3) is 0.0769. The zero-order valence-corrected chi connectivity index (χ0v) is 12.2. The molecule has 20 heavy (non-hydrogen) atoms. The number of pyridine rings is 1. The number of hydrogen-bond acceptors (Lipinski definition) is 2. The van der Waals surface area contributed by atoms with E-state index >= 15 is 0 Å². The molecule has 0 saturated heterocycles. The van der Waals surface area contributed by atoms with Crippen LogP contribution in [0.5, 0.6) is 0 Å². The maximum absolute atomic E-state index is 14.1. The Hall–Kier alpha value is -1.36. The summed E-state index contributed by atoms with van der Waals surface area (Å²) in [6, 6.07) is 6.09. The molecule has 0 N–H and O–H groups in total. The molecule has 0 aliphatic rings. The van der Waals surface area contributed by atoms with E-state index in [1.54, 1.807) is 12.1 Å². The van der Waals surface area contributed by atoms with Crippen LogP contribution in [-0.4, -0.2) is 14.5 Å². The van der Waals surface area contributed by atoms with Crippen LogP contribution < -0.4 is 0 Å². The van der Waals surface area contributed by atoms with E-state index in [0.717, 1.165) is 0 Å². The Morgan fingerprint density at radius 1 is 1.25 bits per heavy atom. The Bertz CT molecular complexity index is 781. The Morgan fingerprint density at radius 3 is 2.75 bits per heavy atom. The Kier molecular flexibility index (Phi) is 3.54. The zero-order chi connectivity index (χ0) is 14.3. The number of rotatable bonds is 2. The van der Waals surface area contributed by atoms with E-state index in [2.05, 4.69) is 9.97 Å². The molecule has 0 radical (unpaired) electrons. The summed E-state index contributed by atoms with van der Waals surface area (Å²) in [5.74, 6) is 0.0712. The smallest absolute Gasteiger partial charge is 0.164 e. The highest BCUT2D eigenvalue weighted by Crippen LogP contribution is 2.29. The van der Waals surface area contributed by atoms with Crippen LogP contribution in [0.25, 0.3) is 16.9 Å². The van der Waals surface area contributed by atoms with Gasteiger partial charge in [0.1, 0.15) is 22.8 Å². The molecule has 3 nitrogen and oxygen atoms in total. The summed E-state index contributed by atoms with van der Waals surface area (Å²) in [6.45, 7) is 0. The van der Waals surface area contributed by atoms with Gasteiger partial charge in [0, 0.05) is 6.20 Å². The van der Waals surface area contributed by atoms with Crippen molar-refractivity contribution < 1.29 is 4.39 Å². The van der Waals surface area contributed by atoms with Crippen molar-refractivity contribution in [3.8, 4) is 5.69 Å². The van der Waals surface area contributed by atoms with Crippen LogP contribution >= 0.6 is 34.8 Å². The van der Waals surface area contributed by atoms with Gasteiger partial charge in [-0.2, -0.15) is 0 Å². The van der Waals surface area contributed by atoms with Gasteiger partial charge < -0.3 is 0 Å². The number of aromatic nitrogens is 3. The van der Waals surface area contributed by atoms with Gasteiger partial charge in [-0.1, -0.05) is 29.3 Å². The third-order valence-corrected chi connectivity index (χ3v) is 3.56. The molecule has 2 heterocycles. The number of imidazole rings is 1. The first-order chi connectivity index (χ1) is 9.61. The Labute approximate surface area is 128 Å². The van der Waals surface area contributed by atoms with E-state index in [-0.39, 0.29) is 16.6 Å². The first-order valence-corrected chi connectivity index (χ1v) is 6.94. The van der Waals surface area contributed by atoms with E-state index in [4.69, 9.17) is 34.8 Å². The minimum absolute atomic E-state index is 0.0959. The molecule has 102 valence electrons. The third-order valence-electron chi connectivity index (χ3n) is 2.81. The number of para-hydroxylation sites is 1. The average molecular weight is 331 g/mol. The van der Waals surface area contributed by atoms with Crippen molar-refractivity contribution in [1.82, 2.24) is 14.5 Å². The van der Waals surface area contributed by atoms with Crippen molar-refractivity contribution in [2.75, 3.05) is 0 Å². The molecule has 3 rings (SSSR count). The Morgan fingerprint density at radius 2 is 2.05 bits per heavy atom. The summed E-state index contributed by atoms with van der Waals surface area (Å²) >= 11 is 17.9. The minimum Gasteiger partial charge on any atom is -0.275 e. The maximum atomic E-state index is 14.1. The average Bonchev–Trinajstić information content (AvgIpc) is 2.76. The van der Waals surface area contributed by atoms with Crippen molar-refractivity contribution in [1.29, 1.82) is 0 Å². The van der Waals surface area contributed by atoms with Crippen molar-refractivity contribution in [2.24, 2.45) is 0 Å². The molecule has 1 aromatic carbocycles. The standard InChI is InChI=1S/C13H7Cl3FN3/c14-5-11-19-10-4-7(15)6-18-13(10)20(11)12-8(16)2-1-3-9(12)17/h1-4,6H,5H2. The monoisotopic (exact) mass is 329 g/mol. The zero-order valence-electron chi connectivity index (χ0n) is 9.95. The molecule has 7 heteroatoms. The van der Waals surface area contributed by atoms with E-state index < -0.39 is 5.82 Å². The van der Waals surface area contributed by atoms with Crippen molar-refractivity contribution in [3.63, 3.8) is 0 Å². The predicted molar refractivity (Wildman–Crippen MR) is 78.4 cm³/mol. The highest BCUT2D eigenvalue weighted by atomic mass is 35.5. The number of halogens is 4. The van der Waals surface area contributed by atoms with Gasteiger partial charge in [0.25, 0.3) is 0 Å². The molecule has 2 aromatic heterocycles. The van der Waals surface area contributed by atoms with Gasteiger partial charge >= 0.3 is 0 Å². The number of nitrogens with zero attached hydrogens (tertiary/aromatic N) is 3. The second-order valence-corrected chi connectivity index (χ2v) is 5.17. The van der Waals surface area contributed by atoms with Gasteiger partial charge in [-0.25, -0.2) is 14.4 Å². The number of fused-ring (bicyclic) bond motifs is 1. The van der Waals surface area contributed by atoms with Crippen molar-refractivity contribution in [2.45, 2.75) is 5.88 Å². The molecular formula is C13H7Cl3FN3. The van der Waals surface area contributed by atoms with Crippen molar-refractivity contribution in [3.05, 3.63) is 52.1 Å². The van der Waals surface area contributed by atoms with Crippen LogP contribution in [0.2, 0.25) is 10.0 Å². The quantitative estimate of drug-likeness (QED) is 0.643. The number of alkyl halides is 1. The van der Waals surface area contributed by atoms with Crippen LogP contribution in [0.1, 0.15) is 5.82 Å². The summed E-state index contributed by atoms with van der Waals surface area (Å²) in [5.41, 5.74) is 1.17. The summed E-state index contributed by atoms with van der Waals surface area (Å²) < 4.78 is 15.6. The predicted octanol–water partition coefficient (Wildman–Crippen LogP) is 4.61. The van der Waals surface area contributed by atoms with Crippen molar-refractivity contribution >= 4 is 46.0 Å². The lowest BCUT2D eigenvalue weighted by atomic mass is 10.3. The van der Waals surface area contributed by atoms with Gasteiger partial charge in [0.15, 0.2) is 5.65 Å². The van der Waals surface area contributed by atoms with E-state index in [9.17, 15) is 4.39 Å². The van der Waals surface area contributed by atoms with E-state index in [1.807, 2.05) is 0 Å². The SMILES string of the molecule is Fc1cccc(Cl)c1-n1c(CCl)nc2cc(Cl)cnc21. The summed E-state index contributed by atoms with van der Waals surface area (Å²) in [6.07, 6.45) is 1.47. The lowest BCUT2D eigenvalue weighted by Crippen LogP contribution is -2.03. The molecule has 0 spiro atoms. The summed E-state index contributed by atoms with van der Waals surface area (Å²) in [5, 5.41) is 0.704. The second kappa shape index (κ2) is 5.20. The van der Waals surface area contributed by atoms with Crippen LogP contribution in [0.3, 0.4) is 0 Å². The van der Waals surface area contributed by atoms with Gasteiger partial charge in [-0.15, -0.1) is 11.6 Å². The van der Waals surface area contributed by atoms with E-state index in [0.29, 0.717) is 22.0 Å². The molecule has 0 bridgehead atoms. The molecule has 0 saturated carbocycles. The molecule has 0 amide bonds.